The zero-order valence-corrected chi connectivity index (χ0v) is 14.4. The van der Waals surface area contributed by atoms with Crippen molar-refractivity contribution in [3.8, 4) is 5.75 Å². The second kappa shape index (κ2) is 6.26. The lowest BCUT2D eigenvalue weighted by molar-refractivity contribution is 0.403. The molecule has 0 unspecified atom stereocenters. The molecule has 130 valence electrons. The molecule has 0 bridgehead atoms. The molecule has 0 saturated heterocycles. The monoisotopic (exact) mass is 381 g/mol. The Kier molecular flexibility index (Phi) is 4.27. The standard InChI is InChI=1S/C15H12ClN3O5S/c1-24-12-6-10-11(18-15(21)14(20)17-10)7-13(12)25(22,23)19-9-4-2-8(16)3-5-9/h2-7,19H,1H3,(H,17,20)(H,18,21). The number of hydrogen-bond donors (Lipinski definition) is 3. The predicted molar refractivity (Wildman–Crippen MR) is 94.0 cm³/mol. The molecule has 3 aromatic rings. The van der Waals surface area contributed by atoms with Crippen molar-refractivity contribution in [3.63, 3.8) is 0 Å². The van der Waals surface area contributed by atoms with Crippen molar-refractivity contribution in [3.05, 3.63) is 62.1 Å². The molecule has 0 aliphatic rings. The largest absolute Gasteiger partial charge is 0.495 e. The molecule has 3 N–H and O–H groups in total. The summed E-state index contributed by atoms with van der Waals surface area (Å²) in [6.45, 7) is 0. The van der Waals surface area contributed by atoms with Gasteiger partial charge in [0.2, 0.25) is 0 Å². The van der Waals surface area contributed by atoms with Crippen molar-refractivity contribution in [2.45, 2.75) is 4.90 Å². The highest BCUT2D eigenvalue weighted by Gasteiger charge is 2.21. The molecule has 1 aromatic heterocycles. The van der Waals surface area contributed by atoms with Crippen LogP contribution in [0.3, 0.4) is 0 Å². The number of benzene rings is 2. The summed E-state index contributed by atoms with van der Waals surface area (Å²) in [6, 6.07) is 8.63. The number of aromatic nitrogens is 2. The van der Waals surface area contributed by atoms with E-state index in [-0.39, 0.29) is 21.7 Å². The van der Waals surface area contributed by atoms with Crippen LogP contribution in [0.15, 0.2) is 50.9 Å². The van der Waals surface area contributed by atoms with E-state index in [2.05, 4.69) is 14.7 Å². The third kappa shape index (κ3) is 3.37. The number of rotatable bonds is 4. The van der Waals surface area contributed by atoms with Crippen LogP contribution in [0, 0.1) is 0 Å². The maximum Gasteiger partial charge on any atom is 0.314 e. The van der Waals surface area contributed by atoms with Gasteiger partial charge in [0, 0.05) is 16.8 Å². The SMILES string of the molecule is COc1cc2[nH]c(=O)c(=O)[nH]c2cc1S(=O)(=O)Nc1ccc(Cl)cc1. The van der Waals surface area contributed by atoms with Gasteiger partial charge in [0.25, 0.3) is 10.0 Å². The highest BCUT2D eigenvalue weighted by atomic mass is 35.5. The van der Waals surface area contributed by atoms with Gasteiger partial charge in [-0.15, -0.1) is 0 Å². The first kappa shape index (κ1) is 17.1. The van der Waals surface area contributed by atoms with Crippen molar-refractivity contribution in [2.24, 2.45) is 0 Å². The fourth-order valence-electron chi connectivity index (χ4n) is 2.22. The molecule has 1 heterocycles. The second-order valence-corrected chi connectivity index (χ2v) is 7.16. The van der Waals surface area contributed by atoms with Crippen LogP contribution in [0.2, 0.25) is 5.02 Å². The van der Waals surface area contributed by atoms with E-state index in [0.29, 0.717) is 10.7 Å². The predicted octanol–water partition coefficient (Wildman–Crippen LogP) is 1.68. The number of methoxy groups -OCH3 is 1. The highest BCUT2D eigenvalue weighted by molar-refractivity contribution is 7.92. The highest BCUT2D eigenvalue weighted by Crippen LogP contribution is 2.29. The lowest BCUT2D eigenvalue weighted by Gasteiger charge is -2.12. The number of halogens is 1. The van der Waals surface area contributed by atoms with Crippen LogP contribution in [0.5, 0.6) is 5.75 Å². The minimum atomic E-state index is -4.02. The molecule has 2 aromatic carbocycles. The molecular weight excluding hydrogens is 370 g/mol. The van der Waals surface area contributed by atoms with Gasteiger partial charge in [-0.2, -0.15) is 0 Å². The molecule has 0 saturated carbocycles. The fraction of sp³-hybridized carbons (Fsp3) is 0.0667. The summed E-state index contributed by atoms with van der Waals surface area (Å²) >= 11 is 5.78. The quantitative estimate of drug-likeness (QED) is 0.593. The van der Waals surface area contributed by atoms with Gasteiger partial charge in [-0.05, 0) is 30.3 Å². The van der Waals surface area contributed by atoms with Crippen molar-refractivity contribution in [1.82, 2.24) is 9.97 Å². The van der Waals surface area contributed by atoms with E-state index in [0.717, 1.165) is 0 Å². The van der Waals surface area contributed by atoms with Crippen LogP contribution >= 0.6 is 11.6 Å². The molecule has 0 fully saturated rings. The van der Waals surface area contributed by atoms with Crippen LogP contribution in [-0.2, 0) is 10.0 Å². The minimum Gasteiger partial charge on any atom is -0.495 e. The van der Waals surface area contributed by atoms with Crippen molar-refractivity contribution in [2.75, 3.05) is 11.8 Å². The van der Waals surface area contributed by atoms with Crippen LogP contribution in [0.25, 0.3) is 11.0 Å². The topological polar surface area (TPSA) is 121 Å². The first-order valence-electron chi connectivity index (χ1n) is 6.93. The number of anilines is 1. The van der Waals surface area contributed by atoms with Gasteiger partial charge in [-0.3, -0.25) is 14.3 Å². The summed E-state index contributed by atoms with van der Waals surface area (Å²) in [4.78, 5) is 27.4. The molecule has 0 atom stereocenters. The average molecular weight is 382 g/mol. The van der Waals surface area contributed by atoms with E-state index in [9.17, 15) is 18.0 Å². The summed E-state index contributed by atoms with van der Waals surface area (Å²) in [5.74, 6) is 0.0108. The number of ether oxygens (including phenoxy) is 1. The molecule has 8 nitrogen and oxygen atoms in total. The number of aromatic amines is 2. The second-order valence-electron chi connectivity index (χ2n) is 5.07. The fourth-order valence-corrected chi connectivity index (χ4v) is 3.58. The zero-order valence-electron chi connectivity index (χ0n) is 12.8. The molecule has 0 amide bonds. The maximum atomic E-state index is 12.7. The Morgan fingerprint density at radius 2 is 1.56 bits per heavy atom. The van der Waals surface area contributed by atoms with E-state index in [1.54, 1.807) is 12.1 Å². The normalized spacial score (nSPS) is 11.4. The lowest BCUT2D eigenvalue weighted by Crippen LogP contribution is -2.29. The first-order chi connectivity index (χ1) is 11.8. The van der Waals surface area contributed by atoms with Crippen molar-refractivity contribution >= 4 is 38.3 Å². The van der Waals surface area contributed by atoms with E-state index < -0.39 is 21.1 Å². The number of fused-ring (bicyclic) bond motifs is 1. The molecule has 0 aliphatic carbocycles. The Labute approximate surface area is 146 Å². The summed E-state index contributed by atoms with van der Waals surface area (Å²) < 4.78 is 32.9. The Bertz CT molecular complexity index is 1170. The van der Waals surface area contributed by atoms with Gasteiger partial charge < -0.3 is 14.7 Å². The van der Waals surface area contributed by atoms with E-state index >= 15 is 0 Å². The van der Waals surface area contributed by atoms with E-state index in [1.165, 1.54) is 31.4 Å². The third-order valence-electron chi connectivity index (χ3n) is 3.39. The van der Waals surface area contributed by atoms with Gasteiger partial charge in [-0.1, -0.05) is 11.6 Å². The molecule has 3 rings (SSSR count). The summed E-state index contributed by atoms with van der Waals surface area (Å²) in [7, 11) is -2.72. The van der Waals surface area contributed by atoms with Gasteiger partial charge in [0.05, 0.1) is 18.1 Å². The van der Waals surface area contributed by atoms with E-state index in [1.807, 2.05) is 0 Å². The van der Waals surface area contributed by atoms with Crippen molar-refractivity contribution in [1.29, 1.82) is 0 Å². The van der Waals surface area contributed by atoms with Crippen LogP contribution in [0.4, 0.5) is 5.69 Å². The Balaban J connectivity index is 2.15. The van der Waals surface area contributed by atoms with Gasteiger partial charge in [-0.25, -0.2) is 8.42 Å². The molecule has 0 spiro atoms. The Morgan fingerprint density at radius 3 is 2.12 bits per heavy atom. The smallest absolute Gasteiger partial charge is 0.314 e. The zero-order chi connectivity index (χ0) is 18.2. The van der Waals surface area contributed by atoms with Crippen LogP contribution in [-0.4, -0.2) is 25.5 Å². The Hall–Kier alpha value is -2.78. The van der Waals surface area contributed by atoms with Crippen LogP contribution < -0.4 is 20.6 Å². The summed E-state index contributed by atoms with van der Waals surface area (Å²) in [5, 5.41) is 0.466. The number of hydrogen-bond acceptors (Lipinski definition) is 5. The molecule has 0 aliphatic heterocycles. The van der Waals surface area contributed by atoms with Gasteiger partial charge in [0.15, 0.2) is 0 Å². The Morgan fingerprint density at radius 1 is 1.00 bits per heavy atom. The molecule has 10 heteroatoms. The van der Waals surface area contributed by atoms with Gasteiger partial charge >= 0.3 is 11.1 Å². The number of sulfonamides is 1. The number of H-pyrrole nitrogens is 2. The first-order valence-corrected chi connectivity index (χ1v) is 8.79. The van der Waals surface area contributed by atoms with E-state index in [4.69, 9.17) is 16.3 Å². The lowest BCUT2D eigenvalue weighted by atomic mass is 10.3. The molecule has 0 radical (unpaired) electrons. The third-order valence-corrected chi connectivity index (χ3v) is 5.05. The van der Waals surface area contributed by atoms with Crippen LogP contribution in [0.1, 0.15) is 0 Å². The van der Waals surface area contributed by atoms with Gasteiger partial charge in [0.1, 0.15) is 10.6 Å². The molecular formula is C15H12ClN3O5S. The summed E-state index contributed by atoms with van der Waals surface area (Å²) in [6.07, 6.45) is 0. The minimum absolute atomic E-state index is 0.0108. The van der Waals surface area contributed by atoms with Crippen molar-refractivity contribution < 1.29 is 13.2 Å². The maximum absolute atomic E-state index is 12.7. The summed E-state index contributed by atoms with van der Waals surface area (Å²) in [5.41, 5.74) is -1.02. The average Bonchev–Trinajstić information content (AvgIpc) is 2.57. The number of nitrogens with one attached hydrogen (secondary N) is 3. The molecule has 25 heavy (non-hydrogen) atoms.